The average Bonchev–Trinajstić information content (AvgIpc) is 2.71. The summed E-state index contributed by atoms with van der Waals surface area (Å²) in [6, 6.07) is 10.8. The molecule has 0 radical (unpaired) electrons. The Morgan fingerprint density at radius 3 is 2.63 bits per heavy atom. The fourth-order valence-electron chi connectivity index (χ4n) is 3.13. The molecule has 1 amide bonds. The summed E-state index contributed by atoms with van der Waals surface area (Å²) in [5.41, 5.74) is 0.261. The molecule has 2 aromatic rings. The summed E-state index contributed by atoms with van der Waals surface area (Å²) in [4.78, 5) is 12.7. The molecule has 8 nitrogen and oxygen atoms in total. The number of benzene rings is 2. The number of amides is 1. The minimum atomic E-state index is -3.76. The number of rotatable bonds is 7. The van der Waals surface area contributed by atoms with Gasteiger partial charge in [0.2, 0.25) is 15.9 Å². The fraction of sp³-hybridized carbons (Fsp3) is 0.350. The summed E-state index contributed by atoms with van der Waals surface area (Å²) in [6.07, 6.45) is 0.641. The predicted octanol–water partition coefficient (Wildman–Crippen LogP) is 2.46. The molecule has 3 rings (SSSR count). The Hall–Kier alpha value is -2.65. The lowest BCUT2D eigenvalue weighted by Gasteiger charge is -2.30. The second-order valence-electron chi connectivity index (χ2n) is 6.80. The summed E-state index contributed by atoms with van der Waals surface area (Å²) in [5.74, 6) is 1.17. The van der Waals surface area contributed by atoms with Gasteiger partial charge in [0.1, 0.15) is 24.5 Å². The van der Waals surface area contributed by atoms with Crippen LogP contribution in [-0.4, -0.2) is 53.0 Å². The number of halogens is 1. The molecule has 30 heavy (non-hydrogen) atoms. The molecule has 1 aliphatic heterocycles. The van der Waals surface area contributed by atoms with Crippen LogP contribution in [0.25, 0.3) is 0 Å². The molecular formula is C20H23ClN2O6S. The van der Waals surface area contributed by atoms with E-state index < -0.39 is 28.1 Å². The number of anilines is 1. The van der Waals surface area contributed by atoms with Crippen molar-refractivity contribution in [2.24, 2.45) is 0 Å². The maximum atomic E-state index is 12.7. The van der Waals surface area contributed by atoms with Gasteiger partial charge in [-0.1, -0.05) is 23.7 Å². The number of carbonyl (C=O) groups is 1. The van der Waals surface area contributed by atoms with Crippen molar-refractivity contribution in [3.8, 4) is 17.2 Å². The molecular weight excluding hydrogens is 432 g/mol. The quantitative estimate of drug-likeness (QED) is 0.690. The van der Waals surface area contributed by atoms with Crippen LogP contribution in [0.2, 0.25) is 5.02 Å². The van der Waals surface area contributed by atoms with E-state index in [9.17, 15) is 13.2 Å². The molecule has 0 aromatic heterocycles. The SMILES string of the molecule is COc1ccc(N(C(C)C(=O)NCC2COc3ccccc3O2)S(C)(=O)=O)cc1Cl. The van der Waals surface area contributed by atoms with Gasteiger partial charge in [-0.15, -0.1) is 0 Å². The monoisotopic (exact) mass is 454 g/mol. The molecule has 0 aliphatic carbocycles. The first-order chi connectivity index (χ1) is 14.2. The standard InChI is InChI=1S/C20H23ClN2O6S/c1-13(23(30(3,25)26)14-8-9-17(27-2)16(21)10-14)20(24)22-11-15-12-28-18-6-4-5-7-19(18)29-15/h4-10,13,15H,11-12H2,1-3H3,(H,22,24). The third kappa shape index (κ3) is 4.91. The molecule has 2 atom stereocenters. The molecule has 0 saturated heterocycles. The van der Waals surface area contributed by atoms with Crippen LogP contribution >= 0.6 is 11.6 Å². The minimum Gasteiger partial charge on any atom is -0.495 e. The van der Waals surface area contributed by atoms with Gasteiger partial charge in [0.15, 0.2) is 11.5 Å². The highest BCUT2D eigenvalue weighted by Gasteiger charge is 2.30. The van der Waals surface area contributed by atoms with E-state index in [4.69, 9.17) is 25.8 Å². The number of nitrogens with one attached hydrogen (secondary N) is 1. The molecule has 10 heteroatoms. The van der Waals surface area contributed by atoms with Crippen molar-refractivity contribution in [2.45, 2.75) is 19.1 Å². The molecule has 0 saturated carbocycles. The second kappa shape index (κ2) is 9.01. The van der Waals surface area contributed by atoms with Crippen molar-refractivity contribution < 1.29 is 27.4 Å². The van der Waals surface area contributed by atoms with Crippen molar-refractivity contribution in [3.05, 3.63) is 47.5 Å². The molecule has 0 spiro atoms. The topological polar surface area (TPSA) is 94.2 Å². The van der Waals surface area contributed by atoms with Gasteiger partial charge >= 0.3 is 0 Å². The van der Waals surface area contributed by atoms with Gasteiger partial charge in [-0.25, -0.2) is 8.42 Å². The molecule has 1 N–H and O–H groups in total. The molecule has 1 heterocycles. The van der Waals surface area contributed by atoms with Gasteiger partial charge in [0.25, 0.3) is 0 Å². The van der Waals surface area contributed by atoms with Gasteiger partial charge in [-0.3, -0.25) is 9.10 Å². The first-order valence-electron chi connectivity index (χ1n) is 9.20. The Bertz CT molecular complexity index is 1030. The number of fused-ring (bicyclic) bond motifs is 1. The van der Waals surface area contributed by atoms with E-state index >= 15 is 0 Å². The van der Waals surface area contributed by atoms with Gasteiger partial charge in [0, 0.05) is 0 Å². The second-order valence-corrected chi connectivity index (χ2v) is 9.06. The van der Waals surface area contributed by atoms with Crippen LogP contribution in [0.15, 0.2) is 42.5 Å². The number of nitrogens with zero attached hydrogens (tertiary/aromatic N) is 1. The Balaban J connectivity index is 1.70. The zero-order valence-corrected chi connectivity index (χ0v) is 18.4. The largest absolute Gasteiger partial charge is 0.495 e. The van der Waals surface area contributed by atoms with E-state index in [1.54, 1.807) is 18.2 Å². The van der Waals surface area contributed by atoms with Crippen LogP contribution in [-0.2, 0) is 14.8 Å². The lowest BCUT2D eigenvalue weighted by Crippen LogP contribution is -2.50. The highest BCUT2D eigenvalue weighted by Crippen LogP contribution is 2.32. The number of hydrogen-bond donors (Lipinski definition) is 1. The molecule has 0 bridgehead atoms. The van der Waals surface area contributed by atoms with E-state index in [0.717, 1.165) is 10.6 Å². The van der Waals surface area contributed by atoms with E-state index in [1.165, 1.54) is 26.2 Å². The summed E-state index contributed by atoms with van der Waals surface area (Å²) in [5, 5.41) is 2.97. The minimum absolute atomic E-state index is 0.165. The molecule has 2 unspecified atom stereocenters. The first kappa shape index (κ1) is 22.0. The van der Waals surface area contributed by atoms with E-state index in [2.05, 4.69) is 5.32 Å². The Morgan fingerprint density at radius 2 is 2.00 bits per heavy atom. The maximum absolute atomic E-state index is 12.7. The molecule has 1 aliphatic rings. The zero-order valence-electron chi connectivity index (χ0n) is 16.8. The van der Waals surface area contributed by atoms with Crippen LogP contribution in [0.3, 0.4) is 0 Å². The summed E-state index contributed by atoms with van der Waals surface area (Å²) in [6.45, 7) is 1.94. The van der Waals surface area contributed by atoms with Gasteiger partial charge < -0.3 is 19.5 Å². The van der Waals surface area contributed by atoms with E-state index in [1.807, 2.05) is 12.1 Å². The predicted molar refractivity (Wildman–Crippen MR) is 114 cm³/mol. The number of carbonyl (C=O) groups excluding carboxylic acids is 1. The summed E-state index contributed by atoms with van der Waals surface area (Å²) < 4.78 is 42.4. The zero-order chi connectivity index (χ0) is 21.9. The highest BCUT2D eigenvalue weighted by molar-refractivity contribution is 7.92. The average molecular weight is 455 g/mol. The summed E-state index contributed by atoms with van der Waals surface area (Å²) in [7, 11) is -2.31. The Morgan fingerprint density at radius 1 is 1.30 bits per heavy atom. The first-order valence-corrected chi connectivity index (χ1v) is 11.4. The van der Waals surface area contributed by atoms with Crippen LogP contribution in [0.5, 0.6) is 17.2 Å². The van der Waals surface area contributed by atoms with Crippen LogP contribution in [0.1, 0.15) is 6.92 Å². The highest BCUT2D eigenvalue weighted by atomic mass is 35.5. The van der Waals surface area contributed by atoms with Crippen LogP contribution < -0.4 is 23.8 Å². The van der Waals surface area contributed by atoms with E-state index in [-0.39, 0.29) is 23.9 Å². The molecule has 162 valence electrons. The van der Waals surface area contributed by atoms with E-state index in [0.29, 0.717) is 17.2 Å². The molecule has 0 fully saturated rings. The number of methoxy groups -OCH3 is 1. The smallest absolute Gasteiger partial charge is 0.243 e. The fourth-order valence-corrected chi connectivity index (χ4v) is 4.55. The number of ether oxygens (including phenoxy) is 3. The van der Waals surface area contributed by atoms with Gasteiger partial charge in [-0.2, -0.15) is 0 Å². The van der Waals surface area contributed by atoms with Crippen LogP contribution in [0.4, 0.5) is 5.69 Å². The number of sulfonamides is 1. The third-order valence-corrected chi connectivity index (χ3v) is 6.09. The lowest BCUT2D eigenvalue weighted by atomic mass is 10.2. The Labute approximate surface area is 180 Å². The van der Waals surface area contributed by atoms with Crippen molar-refractivity contribution >= 4 is 33.2 Å². The summed E-state index contributed by atoms with van der Waals surface area (Å²) >= 11 is 6.13. The lowest BCUT2D eigenvalue weighted by molar-refractivity contribution is -0.122. The van der Waals surface area contributed by atoms with Gasteiger partial charge in [-0.05, 0) is 37.3 Å². The van der Waals surface area contributed by atoms with Crippen molar-refractivity contribution in [2.75, 3.05) is 30.8 Å². The number of para-hydroxylation sites is 2. The molecule has 2 aromatic carbocycles. The van der Waals surface area contributed by atoms with Gasteiger partial charge in [0.05, 0.1) is 30.6 Å². The van der Waals surface area contributed by atoms with Crippen molar-refractivity contribution in [1.82, 2.24) is 5.32 Å². The number of hydrogen-bond acceptors (Lipinski definition) is 6. The Kier molecular flexibility index (Phi) is 6.62. The normalized spacial score (nSPS) is 16.5. The third-order valence-electron chi connectivity index (χ3n) is 4.55. The van der Waals surface area contributed by atoms with Crippen molar-refractivity contribution in [3.63, 3.8) is 0 Å². The van der Waals surface area contributed by atoms with Crippen molar-refractivity contribution in [1.29, 1.82) is 0 Å². The maximum Gasteiger partial charge on any atom is 0.243 e. The van der Waals surface area contributed by atoms with Crippen LogP contribution in [0, 0.1) is 0 Å².